The van der Waals surface area contributed by atoms with E-state index in [1.165, 1.54) is 0 Å². The van der Waals surface area contributed by atoms with Crippen molar-refractivity contribution in [1.82, 2.24) is 35.1 Å². The number of nitrogens with one attached hydrogen (secondary N) is 2. The number of hydrogen-bond donors (Lipinski definition) is 3. The first kappa shape index (κ1) is 37.0. The molecule has 0 aliphatic carbocycles. The Morgan fingerprint density at radius 3 is 2.42 bits per heavy atom. The molecule has 1 aromatic heterocycles. The molecule has 0 spiro atoms. The van der Waals surface area contributed by atoms with Crippen molar-refractivity contribution in [2.45, 2.75) is 70.4 Å². The average molecular weight is 785 g/mol. The zero-order chi connectivity index (χ0) is 39.9. The largest absolute Gasteiger partial charge is 0.504 e. The molecule has 6 aliphatic rings. The number of carbonyl (C=O) groups is 4. The van der Waals surface area contributed by atoms with Crippen LogP contribution in [0.1, 0.15) is 49.5 Å². The van der Waals surface area contributed by atoms with Crippen molar-refractivity contribution in [2.75, 3.05) is 67.5 Å². The Morgan fingerprint density at radius 1 is 0.895 bits per heavy atom. The standard InChI is InChI=1S/C40H46F2N10O5/c1-21-15-50-28(12-43-37-34(50)11-32(45-46-37)30-8-26(41)9-31(42)36(30)54)20-49(21)40(57)52-22(2)13-47(14-23(52)3)16-24-17-48(18-24)27-5-4-25-19-51(39(56)29(25)10-27)33-6-7-35(53)44-38(33)55/h4-5,8-11,21-24,28,33,54H,6-7,12-20H2,1-3H3,(H,43,46)(H,44,53,55)/t21-,22-,23+,28-,33?/m0/s1. The number of aromatic hydroxyl groups is 1. The summed E-state index contributed by atoms with van der Waals surface area (Å²) >= 11 is 0. The van der Waals surface area contributed by atoms with Gasteiger partial charge in [-0.15, -0.1) is 10.2 Å². The van der Waals surface area contributed by atoms with Crippen LogP contribution in [0, 0.1) is 17.6 Å². The van der Waals surface area contributed by atoms with E-state index >= 15 is 0 Å². The van der Waals surface area contributed by atoms with Crippen LogP contribution in [0.4, 0.5) is 30.8 Å². The Bertz CT molecular complexity index is 2160. The van der Waals surface area contributed by atoms with Gasteiger partial charge in [-0.25, -0.2) is 13.6 Å². The molecule has 0 bridgehead atoms. The van der Waals surface area contributed by atoms with E-state index < -0.39 is 29.3 Å². The minimum Gasteiger partial charge on any atom is -0.504 e. The van der Waals surface area contributed by atoms with E-state index in [1.807, 2.05) is 34.9 Å². The number of nitrogens with zero attached hydrogens (tertiary/aromatic N) is 8. The second-order valence-corrected chi connectivity index (χ2v) is 16.6. The number of piperidine rings is 1. The monoisotopic (exact) mass is 784 g/mol. The van der Waals surface area contributed by atoms with Crippen LogP contribution in [0.2, 0.25) is 0 Å². The molecule has 3 N–H and O–H groups in total. The maximum Gasteiger partial charge on any atom is 0.320 e. The minimum absolute atomic E-state index is 0.0000694. The molecule has 300 valence electrons. The maximum absolute atomic E-state index is 14.3. The Labute approximate surface area is 328 Å². The fourth-order valence-electron chi connectivity index (χ4n) is 9.72. The predicted octanol–water partition coefficient (Wildman–Crippen LogP) is 2.84. The zero-order valence-electron chi connectivity index (χ0n) is 32.1. The van der Waals surface area contributed by atoms with E-state index in [0.717, 1.165) is 50.0 Å². The van der Waals surface area contributed by atoms with E-state index in [2.05, 4.69) is 49.4 Å². The molecule has 4 saturated heterocycles. The van der Waals surface area contributed by atoms with Crippen LogP contribution in [0.3, 0.4) is 0 Å². The number of imide groups is 1. The van der Waals surface area contributed by atoms with Gasteiger partial charge in [-0.3, -0.25) is 24.6 Å². The van der Waals surface area contributed by atoms with Gasteiger partial charge >= 0.3 is 6.03 Å². The SMILES string of the molecule is C[C@@H]1CN(CC2CN(c3ccc4c(c3)C(=O)N(C3CCC(=O)NC3=O)C4)C2)C[C@H](C)N1C(=O)N1C[C@@H]2CNc3nnc(-c4cc(F)cc(F)c4O)cc3N2C[C@@H]1C. The lowest BCUT2D eigenvalue weighted by atomic mass is 9.96. The summed E-state index contributed by atoms with van der Waals surface area (Å²) in [5, 5.41) is 24.4. The Morgan fingerprint density at radius 2 is 1.67 bits per heavy atom. The highest BCUT2D eigenvalue weighted by molar-refractivity contribution is 6.05. The predicted molar refractivity (Wildman–Crippen MR) is 206 cm³/mol. The molecule has 7 heterocycles. The molecule has 17 heteroatoms. The maximum atomic E-state index is 14.3. The van der Waals surface area contributed by atoms with E-state index in [1.54, 1.807) is 11.0 Å². The van der Waals surface area contributed by atoms with Gasteiger partial charge in [0.15, 0.2) is 17.4 Å². The number of phenolic OH excluding ortho intramolecular Hbond substituents is 1. The van der Waals surface area contributed by atoms with Crippen LogP contribution in [0.5, 0.6) is 5.75 Å². The molecule has 0 saturated carbocycles. The van der Waals surface area contributed by atoms with E-state index in [9.17, 15) is 33.1 Å². The summed E-state index contributed by atoms with van der Waals surface area (Å²) in [7, 11) is 0. The van der Waals surface area contributed by atoms with Crippen molar-refractivity contribution < 1.29 is 33.1 Å². The fraction of sp³-hybridized carbons (Fsp3) is 0.500. The number of rotatable bonds is 5. The third kappa shape index (κ3) is 6.54. The molecular weight excluding hydrogens is 739 g/mol. The average Bonchev–Trinajstić information content (AvgIpc) is 3.48. The van der Waals surface area contributed by atoms with Crippen molar-refractivity contribution in [2.24, 2.45) is 5.92 Å². The van der Waals surface area contributed by atoms with Gasteiger partial charge in [-0.05, 0) is 57.0 Å². The number of benzene rings is 2. The van der Waals surface area contributed by atoms with Crippen molar-refractivity contribution in [3.63, 3.8) is 0 Å². The highest BCUT2D eigenvalue weighted by atomic mass is 19.1. The summed E-state index contributed by atoms with van der Waals surface area (Å²) in [6, 6.07) is 8.45. The molecule has 0 radical (unpaired) electrons. The molecule has 6 aliphatic heterocycles. The number of urea groups is 1. The number of halogens is 2. The van der Waals surface area contributed by atoms with E-state index in [-0.39, 0.29) is 59.7 Å². The highest BCUT2D eigenvalue weighted by Gasteiger charge is 2.44. The molecule has 57 heavy (non-hydrogen) atoms. The van der Waals surface area contributed by atoms with Crippen LogP contribution in [0.15, 0.2) is 36.4 Å². The number of piperazine rings is 2. The first-order valence-corrected chi connectivity index (χ1v) is 19.7. The zero-order valence-corrected chi connectivity index (χ0v) is 32.1. The topological polar surface area (TPSA) is 158 Å². The smallest absolute Gasteiger partial charge is 0.320 e. The Kier molecular flexibility index (Phi) is 9.16. The van der Waals surface area contributed by atoms with Gasteiger partial charge in [0, 0.05) is 112 Å². The summed E-state index contributed by atoms with van der Waals surface area (Å²) in [4.78, 5) is 64.2. The van der Waals surface area contributed by atoms with Crippen LogP contribution < -0.4 is 20.4 Å². The minimum atomic E-state index is -1.07. The number of amides is 5. The van der Waals surface area contributed by atoms with Crippen molar-refractivity contribution in [3.05, 3.63) is 59.2 Å². The number of anilines is 3. The van der Waals surface area contributed by atoms with Crippen molar-refractivity contribution >= 4 is 40.9 Å². The van der Waals surface area contributed by atoms with Gasteiger partial charge in [0.1, 0.15) is 11.9 Å². The quantitative estimate of drug-likeness (QED) is 0.327. The lowest BCUT2D eigenvalue weighted by molar-refractivity contribution is -0.136. The van der Waals surface area contributed by atoms with Gasteiger partial charge in [-0.2, -0.15) is 0 Å². The molecule has 5 amide bonds. The Hall–Kier alpha value is -5.58. The number of fused-ring (bicyclic) bond motifs is 4. The normalized spacial score (nSPS) is 26.4. The van der Waals surface area contributed by atoms with E-state index in [4.69, 9.17) is 0 Å². The second kappa shape index (κ2) is 14.1. The van der Waals surface area contributed by atoms with Crippen LogP contribution in [-0.4, -0.2) is 141 Å². The van der Waals surface area contributed by atoms with Crippen LogP contribution in [-0.2, 0) is 16.1 Å². The molecule has 1 unspecified atom stereocenters. The first-order chi connectivity index (χ1) is 27.3. The molecule has 3 aromatic rings. The van der Waals surface area contributed by atoms with Gasteiger partial charge in [-0.1, -0.05) is 6.07 Å². The lowest BCUT2D eigenvalue weighted by Crippen LogP contribution is -2.68. The summed E-state index contributed by atoms with van der Waals surface area (Å²) in [5.41, 5.74) is 3.26. The summed E-state index contributed by atoms with van der Waals surface area (Å²) in [5.74, 6) is -2.49. The Balaban J connectivity index is 0.795. The highest BCUT2D eigenvalue weighted by Crippen LogP contribution is 2.39. The molecule has 9 rings (SSSR count). The first-order valence-electron chi connectivity index (χ1n) is 19.7. The van der Waals surface area contributed by atoms with Crippen LogP contribution >= 0.6 is 0 Å². The van der Waals surface area contributed by atoms with Crippen LogP contribution in [0.25, 0.3) is 11.3 Å². The summed E-state index contributed by atoms with van der Waals surface area (Å²) in [6.45, 7) is 12.3. The number of carbonyl (C=O) groups excluding carboxylic acids is 4. The summed E-state index contributed by atoms with van der Waals surface area (Å²) < 4.78 is 28.2. The van der Waals surface area contributed by atoms with Gasteiger partial charge in [0.25, 0.3) is 5.91 Å². The molecular formula is C40H46F2N10O5. The number of aromatic nitrogens is 2. The van der Waals surface area contributed by atoms with Gasteiger partial charge in [0.2, 0.25) is 11.8 Å². The number of hydrogen-bond acceptors (Lipinski definition) is 11. The summed E-state index contributed by atoms with van der Waals surface area (Å²) in [6.07, 6.45) is 0.566. The van der Waals surface area contributed by atoms with Crippen molar-refractivity contribution in [1.29, 1.82) is 0 Å². The molecule has 4 fully saturated rings. The molecule has 5 atom stereocenters. The third-order valence-electron chi connectivity index (χ3n) is 12.5. The molecule has 15 nitrogen and oxygen atoms in total. The van der Waals surface area contributed by atoms with Gasteiger partial charge < -0.3 is 34.9 Å². The second-order valence-electron chi connectivity index (χ2n) is 16.6. The fourth-order valence-corrected chi connectivity index (χ4v) is 9.72. The van der Waals surface area contributed by atoms with Crippen molar-refractivity contribution in [3.8, 4) is 17.0 Å². The third-order valence-corrected chi connectivity index (χ3v) is 12.5. The molecule has 2 aromatic carbocycles. The van der Waals surface area contributed by atoms with E-state index in [0.29, 0.717) is 61.7 Å². The van der Waals surface area contributed by atoms with Gasteiger partial charge in [0.05, 0.1) is 17.4 Å². The number of phenols is 1. The lowest BCUT2D eigenvalue weighted by Gasteiger charge is -2.52.